The molecular weight excluding hydrogens is 578 g/mol. The largest absolute Gasteiger partial charge is 0.465 e. The van der Waals surface area contributed by atoms with Crippen LogP contribution in [0.15, 0.2) is 102 Å². The van der Waals surface area contributed by atoms with Crippen LogP contribution in [0.2, 0.25) is 0 Å². The van der Waals surface area contributed by atoms with E-state index in [0.29, 0.717) is 22.8 Å². The average molecular weight is 620 g/mol. The van der Waals surface area contributed by atoms with Gasteiger partial charge in [-0.2, -0.15) is 0 Å². The highest BCUT2D eigenvalue weighted by Gasteiger charge is 2.28. The molecule has 4 rings (SSSR count). The standard InChI is InChI=1S/C34H41N3O6S/c1-27(44(42,43)33-12-6-3-7-13-33)25-31(30-10-4-2-5-11-30)20-24-35-22-18-28(19-23-35)9-8-21-36(34(38)39)26-29-14-16-32(17-15-29)37(40)41/h2-17,27-28,31H,18-26H2,1H3,(H,38,39)/t27-,31-/m1/s1. The molecule has 0 aliphatic carbocycles. The maximum atomic E-state index is 13.3. The lowest BCUT2D eigenvalue weighted by Gasteiger charge is -2.32. The molecule has 1 fully saturated rings. The second kappa shape index (κ2) is 15.6. The number of nitro benzene ring substituents is 1. The van der Waals surface area contributed by atoms with Crippen LogP contribution in [0.3, 0.4) is 0 Å². The van der Waals surface area contributed by atoms with E-state index in [4.69, 9.17) is 0 Å². The van der Waals surface area contributed by atoms with Gasteiger partial charge in [-0.15, -0.1) is 0 Å². The maximum Gasteiger partial charge on any atom is 0.407 e. The molecule has 0 bridgehead atoms. The molecule has 234 valence electrons. The highest BCUT2D eigenvalue weighted by molar-refractivity contribution is 7.92. The lowest BCUT2D eigenvalue weighted by atomic mass is 9.90. The van der Waals surface area contributed by atoms with Crippen molar-refractivity contribution in [1.82, 2.24) is 9.80 Å². The van der Waals surface area contributed by atoms with Gasteiger partial charge in [0.1, 0.15) is 0 Å². The van der Waals surface area contributed by atoms with Crippen LogP contribution in [0.5, 0.6) is 0 Å². The van der Waals surface area contributed by atoms with Crippen molar-refractivity contribution in [2.45, 2.75) is 55.2 Å². The number of hydrogen-bond donors (Lipinski definition) is 1. The van der Waals surface area contributed by atoms with Crippen molar-refractivity contribution in [1.29, 1.82) is 0 Å². The van der Waals surface area contributed by atoms with Crippen molar-refractivity contribution in [2.75, 3.05) is 26.2 Å². The molecule has 1 saturated heterocycles. The second-order valence-corrected chi connectivity index (χ2v) is 13.9. The van der Waals surface area contributed by atoms with E-state index < -0.39 is 26.1 Å². The minimum atomic E-state index is -3.42. The number of nitrogens with zero attached hydrogens (tertiary/aromatic N) is 3. The monoisotopic (exact) mass is 619 g/mol. The summed E-state index contributed by atoms with van der Waals surface area (Å²) in [5.74, 6) is 0.488. The molecule has 9 nitrogen and oxygen atoms in total. The lowest BCUT2D eigenvalue weighted by Crippen LogP contribution is -2.35. The smallest absolute Gasteiger partial charge is 0.407 e. The Kier molecular flexibility index (Phi) is 11.7. The number of non-ortho nitro benzene ring substituents is 1. The molecule has 0 saturated carbocycles. The summed E-state index contributed by atoms with van der Waals surface area (Å²) >= 11 is 0. The molecule has 1 aliphatic rings. The fourth-order valence-electron chi connectivity index (χ4n) is 5.76. The summed E-state index contributed by atoms with van der Waals surface area (Å²) < 4.78 is 26.5. The van der Waals surface area contributed by atoms with Crippen LogP contribution in [0.4, 0.5) is 10.5 Å². The predicted molar refractivity (Wildman–Crippen MR) is 171 cm³/mol. The molecule has 3 aromatic carbocycles. The Morgan fingerprint density at radius 1 is 1.02 bits per heavy atom. The van der Waals surface area contributed by atoms with E-state index in [1.807, 2.05) is 37.3 Å². The first-order valence-electron chi connectivity index (χ1n) is 15.1. The lowest BCUT2D eigenvalue weighted by molar-refractivity contribution is -0.384. The number of carbonyl (C=O) groups is 1. The molecule has 1 N–H and O–H groups in total. The Morgan fingerprint density at radius 2 is 1.64 bits per heavy atom. The number of likely N-dealkylation sites (tertiary alicyclic amines) is 1. The van der Waals surface area contributed by atoms with E-state index in [2.05, 4.69) is 23.1 Å². The third-order valence-corrected chi connectivity index (χ3v) is 10.6. The maximum absolute atomic E-state index is 13.3. The van der Waals surface area contributed by atoms with Gasteiger partial charge in [0.2, 0.25) is 0 Å². The van der Waals surface area contributed by atoms with Gasteiger partial charge in [0, 0.05) is 25.2 Å². The van der Waals surface area contributed by atoms with Crippen molar-refractivity contribution in [3.8, 4) is 0 Å². The highest BCUT2D eigenvalue weighted by Crippen LogP contribution is 2.30. The van der Waals surface area contributed by atoms with Gasteiger partial charge in [0.25, 0.3) is 5.69 Å². The zero-order valence-electron chi connectivity index (χ0n) is 25.1. The van der Waals surface area contributed by atoms with Gasteiger partial charge in [-0.25, -0.2) is 13.2 Å². The fraction of sp³-hybridized carbons (Fsp3) is 0.382. The van der Waals surface area contributed by atoms with Gasteiger partial charge in [-0.05, 0) is 87.3 Å². The number of carboxylic acid groups (broad SMARTS) is 1. The predicted octanol–water partition coefficient (Wildman–Crippen LogP) is 6.77. The summed E-state index contributed by atoms with van der Waals surface area (Å²) in [5.41, 5.74) is 1.83. The molecular formula is C34H41N3O6S. The number of rotatable bonds is 14. The number of nitro groups is 1. The first kappa shape index (κ1) is 32.9. The summed E-state index contributed by atoms with van der Waals surface area (Å²) in [4.78, 5) is 26.3. The Hall–Kier alpha value is -4.02. The molecule has 3 aromatic rings. The molecule has 2 atom stereocenters. The molecule has 0 radical (unpaired) electrons. The van der Waals surface area contributed by atoms with Gasteiger partial charge < -0.3 is 14.9 Å². The van der Waals surface area contributed by atoms with Crippen LogP contribution in [-0.2, 0) is 16.4 Å². The molecule has 10 heteroatoms. The van der Waals surface area contributed by atoms with Crippen molar-refractivity contribution < 1.29 is 23.2 Å². The summed E-state index contributed by atoms with van der Waals surface area (Å²) in [6, 6.07) is 24.8. The highest BCUT2D eigenvalue weighted by atomic mass is 32.2. The molecule has 0 unspecified atom stereocenters. The minimum absolute atomic E-state index is 0.0250. The van der Waals surface area contributed by atoms with E-state index in [1.54, 1.807) is 36.4 Å². The van der Waals surface area contributed by atoms with E-state index in [9.17, 15) is 28.4 Å². The summed E-state index contributed by atoms with van der Waals surface area (Å²) in [6.07, 6.45) is 6.34. The first-order valence-corrected chi connectivity index (χ1v) is 16.6. The average Bonchev–Trinajstić information content (AvgIpc) is 3.04. The van der Waals surface area contributed by atoms with E-state index >= 15 is 0 Å². The van der Waals surface area contributed by atoms with Gasteiger partial charge >= 0.3 is 6.09 Å². The molecule has 1 amide bonds. The summed E-state index contributed by atoms with van der Waals surface area (Å²) in [5, 5.41) is 20.0. The van der Waals surface area contributed by atoms with Gasteiger partial charge in [0.05, 0.1) is 15.1 Å². The fourth-order valence-corrected chi connectivity index (χ4v) is 7.24. The number of benzene rings is 3. The zero-order valence-corrected chi connectivity index (χ0v) is 25.9. The van der Waals surface area contributed by atoms with Gasteiger partial charge in [-0.3, -0.25) is 10.1 Å². The van der Waals surface area contributed by atoms with Crippen LogP contribution in [0.25, 0.3) is 0 Å². The van der Waals surface area contributed by atoms with E-state index in [-0.39, 0.29) is 24.7 Å². The van der Waals surface area contributed by atoms with E-state index in [1.165, 1.54) is 17.0 Å². The number of piperidine rings is 1. The first-order chi connectivity index (χ1) is 21.1. The van der Waals surface area contributed by atoms with Crippen LogP contribution < -0.4 is 0 Å². The Morgan fingerprint density at radius 3 is 2.23 bits per heavy atom. The van der Waals surface area contributed by atoms with Gasteiger partial charge in [-0.1, -0.05) is 72.8 Å². The third-order valence-electron chi connectivity index (χ3n) is 8.44. The molecule has 44 heavy (non-hydrogen) atoms. The third kappa shape index (κ3) is 9.24. The van der Waals surface area contributed by atoms with Crippen LogP contribution in [-0.4, -0.2) is 65.8 Å². The van der Waals surface area contributed by atoms with Gasteiger partial charge in [0.15, 0.2) is 9.84 Å². The zero-order chi connectivity index (χ0) is 31.5. The Bertz CT molecular complexity index is 1490. The molecule has 1 aliphatic heterocycles. The number of sulfone groups is 1. The van der Waals surface area contributed by atoms with Crippen molar-refractivity contribution >= 4 is 21.6 Å². The molecule has 0 aromatic heterocycles. The summed E-state index contributed by atoms with van der Waals surface area (Å²) in [6.45, 7) is 4.96. The van der Waals surface area contributed by atoms with Crippen molar-refractivity contribution in [3.63, 3.8) is 0 Å². The number of allylic oxidation sites excluding steroid dienone is 1. The Labute approximate surface area is 259 Å². The molecule has 1 heterocycles. The van der Waals surface area contributed by atoms with Crippen molar-refractivity contribution in [2.24, 2.45) is 5.92 Å². The van der Waals surface area contributed by atoms with Crippen LogP contribution in [0, 0.1) is 16.0 Å². The van der Waals surface area contributed by atoms with Crippen LogP contribution >= 0.6 is 0 Å². The topological polar surface area (TPSA) is 121 Å². The minimum Gasteiger partial charge on any atom is -0.465 e. The normalized spacial score (nSPS) is 16.0. The quantitative estimate of drug-likeness (QED) is 0.120. The number of amides is 1. The number of hydrogen-bond acceptors (Lipinski definition) is 6. The summed E-state index contributed by atoms with van der Waals surface area (Å²) in [7, 11) is -3.42. The second-order valence-electron chi connectivity index (χ2n) is 11.5. The van der Waals surface area contributed by atoms with E-state index in [0.717, 1.165) is 44.5 Å². The van der Waals surface area contributed by atoms with Crippen LogP contribution in [0.1, 0.15) is 49.7 Å². The molecule has 0 spiro atoms. The Balaban J connectivity index is 1.27. The van der Waals surface area contributed by atoms with Crippen molar-refractivity contribution in [3.05, 3.63) is 118 Å². The SMILES string of the molecule is C[C@H](C[C@@H](CCN1CCC(C=CCN(Cc2ccc([N+](=O)[O-])cc2)C(=O)O)CC1)c1ccccc1)S(=O)(=O)c1ccccc1.